The summed E-state index contributed by atoms with van der Waals surface area (Å²) in [5.41, 5.74) is 1.60. The Kier molecular flexibility index (Phi) is 4.61. The van der Waals surface area contributed by atoms with Crippen LogP contribution in [0.4, 0.5) is 11.4 Å². The molecule has 1 aromatic carbocycles. The van der Waals surface area contributed by atoms with Gasteiger partial charge in [0.2, 0.25) is 5.69 Å². The second-order valence-corrected chi connectivity index (χ2v) is 7.51. The molecule has 1 N–H and O–H groups in total. The van der Waals surface area contributed by atoms with Crippen molar-refractivity contribution in [3.8, 4) is 0 Å². The molecule has 2 heterocycles. The summed E-state index contributed by atoms with van der Waals surface area (Å²) in [6.45, 7) is 17.2. The largest absolute Gasteiger partial charge is 0.493 e. The minimum absolute atomic E-state index is 0.363. The van der Waals surface area contributed by atoms with E-state index in [2.05, 4.69) is 10.2 Å². The number of nitrogens with zero attached hydrogens (tertiary/aromatic N) is 1. The standard InChI is InChI=1S/C18H25BN2O3/c1-17(2)18(3,4)24-19(23-17)13-6-7-15(16(12-13)20-5)21-14-8-10-22-11-9-14/h6-7,12,14,21H,8-11H2,1-4H3. The number of hydrogen-bond donors (Lipinski definition) is 1. The van der Waals surface area contributed by atoms with E-state index in [0.29, 0.717) is 11.7 Å². The molecule has 2 saturated heterocycles. The number of benzene rings is 1. The van der Waals surface area contributed by atoms with E-state index in [-0.39, 0.29) is 11.2 Å². The van der Waals surface area contributed by atoms with E-state index in [0.717, 1.165) is 37.2 Å². The van der Waals surface area contributed by atoms with Gasteiger partial charge in [0.1, 0.15) is 0 Å². The summed E-state index contributed by atoms with van der Waals surface area (Å²) in [6.07, 6.45) is 1.94. The molecule has 24 heavy (non-hydrogen) atoms. The lowest BCUT2D eigenvalue weighted by molar-refractivity contribution is 0.00578. The molecule has 2 aliphatic heterocycles. The van der Waals surface area contributed by atoms with Gasteiger partial charge in [-0.15, -0.1) is 0 Å². The number of hydrogen-bond acceptors (Lipinski definition) is 4. The average Bonchev–Trinajstić information content (AvgIpc) is 2.77. The Hall–Kier alpha value is -1.55. The summed E-state index contributed by atoms with van der Waals surface area (Å²) in [5.74, 6) is 0. The van der Waals surface area contributed by atoms with Gasteiger partial charge in [-0.25, -0.2) is 4.85 Å². The number of ether oxygens (including phenoxy) is 1. The van der Waals surface area contributed by atoms with Crippen LogP contribution < -0.4 is 10.8 Å². The number of rotatable bonds is 3. The predicted molar refractivity (Wildman–Crippen MR) is 95.9 cm³/mol. The molecule has 3 rings (SSSR count). The molecule has 0 radical (unpaired) electrons. The van der Waals surface area contributed by atoms with E-state index in [9.17, 15) is 0 Å². The highest BCUT2D eigenvalue weighted by Gasteiger charge is 2.51. The van der Waals surface area contributed by atoms with Crippen LogP contribution in [0.25, 0.3) is 4.85 Å². The van der Waals surface area contributed by atoms with Crippen LogP contribution in [0.2, 0.25) is 0 Å². The van der Waals surface area contributed by atoms with E-state index in [1.807, 2.05) is 45.9 Å². The van der Waals surface area contributed by atoms with Crippen molar-refractivity contribution < 1.29 is 14.0 Å². The van der Waals surface area contributed by atoms with Crippen LogP contribution in [-0.2, 0) is 14.0 Å². The monoisotopic (exact) mass is 328 g/mol. The quantitative estimate of drug-likeness (QED) is 0.684. The Labute approximate surface area is 144 Å². The molecular formula is C18H25BN2O3. The van der Waals surface area contributed by atoms with Crippen molar-refractivity contribution in [2.45, 2.75) is 57.8 Å². The third kappa shape index (κ3) is 3.30. The van der Waals surface area contributed by atoms with Crippen LogP contribution in [0, 0.1) is 6.57 Å². The summed E-state index contributed by atoms with van der Waals surface area (Å²) >= 11 is 0. The highest BCUT2D eigenvalue weighted by Crippen LogP contribution is 2.37. The highest BCUT2D eigenvalue weighted by molar-refractivity contribution is 6.62. The Bertz CT molecular complexity index is 632. The van der Waals surface area contributed by atoms with E-state index >= 15 is 0 Å². The molecule has 0 bridgehead atoms. The zero-order chi connectivity index (χ0) is 17.4. The van der Waals surface area contributed by atoms with Crippen molar-refractivity contribution >= 4 is 24.0 Å². The minimum Gasteiger partial charge on any atom is -0.399 e. The first-order valence-corrected chi connectivity index (χ1v) is 8.54. The lowest BCUT2D eigenvalue weighted by Gasteiger charge is -2.32. The molecule has 0 amide bonds. The Morgan fingerprint density at radius 3 is 2.33 bits per heavy atom. The number of nitrogens with one attached hydrogen (secondary N) is 1. The molecule has 0 unspecified atom stereocenters. The Morgan fingerprint density at radius 1 is 1.12 bits per heavy atom. The molecule has 2 aliphatic rings. The van der Waals surface area contributed by atoms with Crippen LogP contribution in [0.3, 0.4) is 0 Å². The fraction of sp³-hybridized carbons (Fsp3) is 0.611. The van der Waals surface area contributed by atoms with Crippen molar-refractivity contribution in [3.63, 3.8) is 0 Å². The molecule has 1 aromatic rings. The first-order chi connectivity index (χ1) is 11.3. The van der Waals surface area contributed by atoms with E-state index in [1.165, 1.54) is 0 Å². The van der Waals surface area contributed by atoms with Gasteiger partial charge in [-0.3, -0.25) is 0 Å². The zero-order valence-corrected chi connectivity index (χ0v) is 14.9. The van der Waals surface area contributed by atoms with Crippen molar-refractivity contribution in [1.82, 2.24) is 0 Å². The lowest BCUT2D eigenvalue weighted by atomic mass is 9.78. The lowest BCUT2D eigenvalue weighted by Crippen LogP contribution is -2.41. The fourth-order valence-corrected chi connectivity index (χ4v) is 2.95. The zero-order valence-electron chi connectivity index (χ0n) is 14.9. The summed E-state index contributed by atoms with van der Waals surface area (Å²) in [6, 6.07) is 6.18. The summed E-state index contributed by atoms with van der Waals surface area (Å²) < 4.78 is 17.5. The molecule has 6 heteroatoms. The fourth-order valence-electron chi connectivity index (χ4n) is 2.95. The van der Waals surface area contributed by atoms with Gasteiger partial charge in [-0.2, -0.15) is 0 Å². The van der Waals surface area contributed by atoms with Crippen LogP contribution >= 0.6 is 0 Å². The second kappa shape index (κ2) is 6.40. The smallest absolute Gasteiger partial charge is 0.399 e. The SMILES string of the molecule is [C-]#[N+]c1cc(B2OC(C)(C)C(C)(C)O2)ccc1NC1CCOCC1. The maximum Gasteiger partial charge on any atom is 0.493 e. The van der Waals surface area contributed by atoms with Crippen LogP contribution in [-0.4, -0.2) is 37.6 Å². The molecule has 0 spiro atoms. The van der Waals surface area contributed by atoms with Gasteiger partial charge in [-0.1, -0.05) is 18.2 Å². The molecule has 128 valence electrons. The van der Waals surface area contributed by atoms with Gasteiger partial charge < -0.3 is 19.4 Å². The number of anilines is 1. The Balaban J connectivity index is 1.78. The van der Waals surface area contributed by atoms with Gasteiger partial charge in [0, 0.05) is 24.9 Å². The molecule has 5 nitrogen and oxygen atoms in total. The topological polar surface area (TPSA) is 44.1 Å². The minimum atomic E-state index is -0.437. The first-order valence-electron chi connectivity index (χ1n) is 8.54. The maximum absolute atomic E-state index is 7.50. The molecule has 0 saturated carbocycles. The maximum atomic E-state index is 7.50. The van der Waals surface area contributed by atoms with E-state index in [4.69, 9.17) is 20.6 Å². The van der Waals surface area contributed by atoms with Gasteiger partial charge >= 0.3 is 7.12 Å². The van der Waals surface area contributed by atoms with Crippen molar-refractivity contribution in [2.75, 3.05) is 18.5 Å². The second-order valence-electron chi connectivity index (χ2n) is 7.51. The van der Waals surface area contributed by atoms with Gasteiger partial charge in [0.15, 0.2) is 0 Å². The molecule has 0 aromatic heterocycles. The molecule has 0 atom stereocenters. The van der Waals surface area contributed by atoms with Crippen LogP contribution in [0.15, 0.2) is 18.2 Å². The van der Waals surface area contributed by atoms with Crippen molar-refractivity contribution in [3.05, 3.63) is 29.6 Å². The molecule has 2 fully saturated rings. The normalized spacial score (nSPS) is 23.0. The average molecular weight is 328 g/mol. The first kappa shape index (κ1) is 17.3. The molecular weight excluding hydrogens is 303 g/mol. The third-order valence-electron chi connectivity index (χ3n) is 5.25. The molecule has 0 aliphatic carbocycles. The summed E-state index contributed by atoms with van der Waals surface area (Å²) in [5, 5.41) is 3.48. The van der Waals surface area contributed by atoms with E-state index < -0.39 is 7.12 Å². The summed E-state index contributed by atoms with van der Waals surface area (Å²) in [7, 11) is -0.437. The van der Waals surface area contributed by atoms with Gasteiger partial charge in [-0.05, 0) is 46.0 Å². The van der Waals surface area contributed by atoms with Gasteiger partial charge in [0.25, 0.3) is 0 Å². The Morgan fingerprint density at radius 2 is 1.75 bits per heavy atom. The van der Waals surface area contributed by atoms with E-state index in [1.54, 1.807) is 0 Å². The van der Waals surface area contributed by atoms with Crippen molar-refractivity contribution in [2.24, 2.45) is 0 Å². The summed E-state index contributed by atoms with van der Waals surface area (Å²) in [4.78, 5) is 3.69. The van der Waals surface area contributed by atoms with Gasteiger partial charge in [0.05, 0.1) is 17.8 Å². The predicted octanol–water partition coefficient (Wildman–Crippen LogP) is 3.13. The third-order valence-corrected chi connectivity index (χ3v) is 5.25. The van der Waals surface area contributed by atoms with Crippen LogP contribution in [0.5, 0.6) is 0 Å². The van der Waals surface area contributed by atoms with Crippen LogP contribution in [0.1, 0.15) is 40.5 Å². The van der Waals surface area contributed by atoms with Crippen molar-refractivity contribution in [1.29, 1.82) is 0 Å². The highest BCUT2D eigenvalue weighted by atomic mass is 16.7.